The Kier molecular flexibility index (Phi) is 4.38. The van der Waals surface area contributed by atoms with Crippen molar-refractivity contribution in [2.75, 3.05) is 13.1 Å². The molecule has 128 valence electrons. The minimum Gasteiger partial charge on any atom is -0.481 e. The first-order valence-electron chi connectivity index (χ1n) is 8.28. The van der Waals surface area contributed by atoms with Crippen molar-refractivity contribution in [3.05, 3.63) is 65.2 Å². The van der Waals surface area contributed by atoms with Gasteiger partial charge in [0.15, 0.2) is 0 Å². The molecule has 3 aromatic rings. The zero-order valence-corrected chi connectivity index (χ0v) is 14.5. The summed E-state index contributed by atoms with van der Waals surface area (Å²) in [7, 11) is 0. The van der Waals surface area contributed by atoms with Crippen LogP contribution in [0.5, 0.6) is 0 Å². The number of aliphatic carboxylic acids is 1. The Balaban J connectivity index is 1.55. The summed E-state index contributed by atoms with van der Waals surface area (Å²) in [6.45, 7) is 2.70. The summed E-state index contributed by atoms with van der Waals surface area (Å²) in [6, 6.07) is 14.4. The van der Waals surface area contributed by atoms with Crippen LogP contribution in [0.1, 0.15) is 11.1 Å². The second kappa shape index (κ2) is 6.82. The van der Waals surface area contributed by atoms with E-state index in [4.69, 9.17) is 10.2 Å². The van der Waals surface area contributed by atoms with Crippen molar-refractivity contribution in [3.8, 4) is 10.6 Å². The van der Waals surface area contributed by atoms with Gasteiger partial charge in [0.1, 0.15) is 5.69 Å². The molecule has 0 aliphatic carbocycles. The van der Waals surface area contributed by atoms with Gasteiger partial charge in [0.05, 0.1) is 17.3 Å². The van der Waals surface area contributed by atoms with Gasteiger partial charge >= 0.3 is 5.97 Å². The summed E-state index contributed by atoms with van der Waals surface area (Å²) in [5, 5.41) is 15.9. The molecule has 0 unspecified atom stereocenters. The molecule has 4 rings (SSSR count). The number of thiophene rings is 1. The maximum Gasteiger partial charge on any atom is 0.309 e. The van der Waals surface area contributed by atoms with E-state index in [2.05, 4.69) is 34.7 Å². The molecule has 2 aromatic heterocycles. The van der Waals surface area contributed by atoms with Crippen molar-refractivity contribution >= 4 is 17.3 Å². The van der Waals surface area contributed by atoms with Gasteiger partial charge in [0.2, 0.25) is 0 Å². The largest absolute Gasteiger partial charge is 0.481 e. The minimum atomic E-state index is -0.700. The fraction of sp³-hybridized carbons (Fsp3) is 0.263. The number of hydrogen-bond acceptors (Lipinski definition) is 4. The van der Waals surface area contributed by atoms with Crippen LogP contribution in [0.3, 0.4) is 0 Å². The number of hydrogen-bond donors (Lipinski definition) is 1. The van der Waals surface area contributed by atoms with Crippen LogP contribution < -0.4 is 0 Å². The standard InChI is InChI=1S/C19H19N3O2S/c23-19(24)16-11-21(12-16)10-15-13-22(9-14-5-2-1-3-6-14)20-18(15)17-7-4-8-25-17/h1-8,13,16H,9-12H2,(H,23,24). The van der Waals surface area contributed by atoms with E-state index >= 15 is 0 Å². The molecule has 1 aliphatic rings. The maximum absolute atomic E-state index is 11.0. The van der Waals surface area contributed by atoms with Gasteiger partial charge in [0.25, 0.3) is 0 Å². The molecule has 25 heavy (non-hydrogen) atoms. The maximum atomic E-state index is 11.0. The molecule has 5 nitrogen and oxygen atoms in total. The van der Waals surface area contributed by atoms with Crippen LogP contribution in [0.4, 0.5) is 0 Å². The second-order valence-electron chi connectivity index (χ2n) is 6.39. The number of rotatable bonds is 6. The molecule has 3 heterocycles. The van der Waals surface area contributed by atoms with E-state index in [1.807, 2.05) is 28.9 Å². The Morgan fingerprint density at radius 2 is 1.96 bits per heavy atom. The lowest BCUT2D eigenvalue weighted by atomic mass is 9.99. The fourth-order valence-corrected chi connectivity index (χ4v) is 3.89. The number of aromatic nitrogens is 2. The number of carboxylic acids is 1. The van der Waals surface area contributed by atoms with Crippen molar-refractivity contribution in [3.63, 3.8) is 0 Å². The highest BCUT2D eigenvalue weighted by molar-refractivity contribution is 7.13. The Labute approximate surface area is 150 Å². The molecule has 1 aliphatic heterocycles. The molecular formula is C19H19N3O2S. The summed E-state index contributed by atoms with van der Waals surface area (Å²) in [5.74, 6) is -0.931. The van der Waals surface area contributed by atoms with Crippen molar-refractivity contribution in [1.29, 1.82) is 0 Å². The molecular weight excluding hydrogens is 334 g/mol. The summed E-state index contributed by atoms with van der Waals surface area (Å²) in [5.41, 5.74) is 3.37. The second-order valence-corrected chi connectivity index (χ2v) is 7.34. The van der Waals surface area contributed by atoms with E-state index in [0.29, 0.717) is 13.1 Å². The fourth-order valence-electron chi connectivity index (χ4n) is 3.15. The average Bonchev–Trinajstić information content (AvgIpc) is 3.20. The van der Waals surface area contributed by atoms with Crippen LogP contribution in [-0.2, 0) is 17.9 Å². The van der Waals surface area contributed by atoms with E-state index < -0.39 is 5.97 Å². The first-order chi connectivity index (χ1) is 12.2. The summed E-state index contributed by atoms with van der Waals surface area (Å²) in [6.07, 6.45) is 2.09. The van der Waals surface area contributed by atoms with Crippen LogP contribution in [0, 0.1) is 5.92 Å². The highest BCUT2D eigenvalue weighted by Crippen LogP contribution is 2.29. The van der Waals surface area contributed by atoms with Gasteiger partial charge < -0.3 is 5.11 Å². The van der Waals surface area contributed by atoms with Gasteiger partial charge in [-0.05, 0) is 17.0 Å². The van der Waals surface area contributed by atoms with Gasteiger partial charge in [0, 0.05) is 31.4 Å². The monoisotopic (exact) mass is 353 g/mol. The van der Waals surface area contributed by atoms with Crippen molar-refractivity contribution in [2.45, 2.75) is 13.1 Å². The van der Waals surface area contributed by atoms with Crippen LogP contribution in [-0.4, -0.2) is 38.8 Å². The van der Waals surface area contributed by atoms with Gasteiger partial charge in [-0.2, -0.15) is 5.10 Å². The summed E-state index contributed by atoms with van der Waals surface area (Å²) < 4.78 is 1.98. The van der Waals surface area contributed by atoms with Crippen LogP contribution in [0.15, 0.2) is 54.0 Å². The van der Waals surface area contributed by atoms with Crippen LogP contribution in [0.25, 0.3) is 10.6 Å². The molecule has 0 amide bonds. The topological polar surface area (TPSA) is 58.4 Å². The lowest BCUT2D eigenvalue weighted by molar-refractivity contribution is -0.147. The molecule has 1 aromatic carbocycles. The highest BCUT2D eigenvalue weighted by atomic mass is 32.1. The molecule has 1 N–H and O–H groups in total. The molecule has 0 atom stereocenters. The smallest absolute Gasteiger partial charge is 0.309 e. The van der Waals surface area contributed by atoms with E-state index in [9.17, 15) is 4.79 Å². The molecule has 0 saturated carbocycles. The van der Waals surface area contributed by atoms with E-state index in [1.165, 1.54) is 5.56 Å². The Morgan fingerprint density at radius 3 is 2.64 bits per heavy atom. The molecule has 6 heteroatoms. The SMILES string of the molecule is O=C(O)C1CN(Cc2cn(Cc3ccccc3)nc2-c2cccs2)C1. The zero-order chi connectivity index (χ0) is 17.2. The highest BCUT2D eigenvalue weighted by Gasteiger charge is 2.33. The molecule has 1 fully saturated rings. The lowest BCUT2D eigenvalue weighted by Gasteiger charge is -2.36. The van der Waals surface area contributed by atoms with Crippen LogP contribution >= 0.6 is 11.3 Å². The molecule has 0 bridgehead atoms. The normalized spacial score (nSPS) is 15.2. The average molecular weight is 353 g/mol. The van der Waals surface area contributed by atoms with Crippen molar-refractivity contribution < 1.29 is 9.90 Å². The predicted molar refractivity (Wildman–Crippen MR) is 97.5 cm³/mol. The predicted octanol–water partition coefficient (Wildman–Crippen LogP) is 3.18. The number of benzene rings is 1. The van der Waals surface area contributed by atoms with E-state index in [1.54, 1.807) is 11.3 Å². The molecule has 0 spiro atoms. The number of carboxylic acid groups (broad SMARTS) is 1. The molecule has 1 saturated heterocycles. The summed E-state index contributed by atoms with van der Waals surface area (Å²) in [4.78, 5) is 14.3. The van der Waals surface area contributed by atoms with Gasteiger partial charge in [-0.25, -0.2) is 0 Å². The number of likely N-dealkylation sites (tertiary alicyclic amines) is 1. The molecule has 0 radical (unpaired) electrons. The van der Waals surface area contributed by atoms with Crippen LogP contribution in [0.2, 0.25) is 0 Å². The first-order valence-corrected chi connectivity index (χ1v) is 9.16. The Morgan fingerprint density at radius 1 is 1.16 bits per heavy atom. The third kappa shape index (κ3) is 3.50. The summed E-state index contributed by atoms with van der Waals surface area (Å²) >= 11 is 1.68. The first kappa shape index (κ1) is 16.1. The number of nitrogens with zero attached hydrogens (tertiary/aromatic N) is 3. The zero-order valence-electron chi connectivity index (χ0n) is 13.7. The van der Waals surface area contributed by atoms with Gasteiger partial charge in [-0.3, -0.25) is 14.4 Å². The quantitative estimate of drug-likeness (QED) is 0.739. The number of carbonyl (C=O) groups is 1. The Hall–Kier alpha value is -2.44. The van der Waals surface area contributed by atoms with Crippen molar-refractivity contribution in [2.24, 2.45) is 5.92 Å². The minimum absolute atomic E-state index is 0.232. The van der Waals surface area contributed by atoms with E-state index in [0.717, 1.165) is 29.2 Å². The van der Waals surface area contributed by atoms with Gasteiger partial charge in [-0.15, -0.1) is 11.3 Å². The lowest BCUT2D eigenvalue weighted by Crippen LogP contribution is -2.49. The van der Waals surface area contributed by atoms with Crippen molar-refractivity contribution in [1.82, 2.24) is 14.7 Å². The van der Waals surface area contributed by atoms with E-state index in [-0.39, 0.29) is 5.92 Å². The Bertz CT molecular complexity index is 852. The third-order valence-electron chi connectivity index (χ3n) is 4.48. The van der Waals surface area contributed by atoms with Gasteiger partial charge in [-0.1, -0.05) is 36.4 Å². The third-order valence-corrected chi connectivity index (χ3v) is 5.36.